The van der Waals surface area contributed by atoms with Gasteiger partial charge in [-0.25, -0.2) is 14.4 Å². The molecule has 3 heterocycles. The van der Waals surface area contributed by atoms with Gasteiger partial charge in [0.15, 0.2) is 0 Å². The van der Waals surface area contributed by atoms with Crippen molar-refractivity contribution >= 4 is 17.9 Å². The summed E-state index contributed by atoms with van der Waals surface area (Å²) < 4.78 is 21.0. The molecule has 7 nitrogen and oxygen atoms in total. The number of imidazole rings is 1. The molecule has 2 aliphatic rings. The maximum absolute atomic E-state index is 13.6. The number of guanidine groups is 1. The van der Waals surface area contributed by atoms with Crippen LogP contribution in [0.3, 0.4) is 0 Å². The summed E-state index contributed by atoms with van der Waals surface area (Å²) in [5.74, 6) is 0.860. The van der Waals surface area contributed by atoms with Crippen molar-refractivity contribution in [2.24, 2.45) is 4.99 Å². The number of hydrogen-bond acceptors (Lipinski definition) is 5. The number of amides is 1. The molecule has 0 aliphatic carbocycles. The van der Waals surface area contributed by atoms with Gasteiger partial charge >= 0.3 is 0 Å². The van der Waals surface area contributed by atoms with E-state index in [-0.39, 0.29) is 17.8 Å². The molecule has 180 valence electrons. The minimum Gasteiger partial charge on any atom is -0.495 e. The van der Waals surface area contributed by atoms with Crippen molar-refractivity contribution in [3.05, 3.63) is 83.3 Å². The molecule has 0 saturated carbocycles. The molecule has 8 heteroatoms. The van der Waals surface area contributed by atoms with E-state index < -0.39 is 0 Å². The molecule has 2 aromatic carbocycles. The fraction of sp³-hybridized carbons (Fsp3) is 0.296. The van der Waals surface area contributed by atoms with Crippen molar-refractivity contribution in [1.29, 1.82) is 0 Å². The van der Waals surface area contributed by atoms with Gasteiger partial charge in [0, 0.05) is 19.3 Å². The summed E-state index contributed by atoms with van der Waals surface area (Å²) in [6, 6.07) is 11.8. The molecule has 35 heavy (non-hydrogen) atoms. The highest BCUT2D eigenvalue weighted by Gasteiger charge is 2.38. The number of methoxy groups -OCH3 is 1. The van der Waals surface area contributed by atoms with Crippen LogP contribution in [0, 0.1) is 12.7 Å². The van der Waals surface area contributed by atoms with Crippen molar-refractivity contribution in [1.82, 2.24) is 19.4 Å². The SMILES string of the molecule is COc1cc(/C=C2\N=C(N3CCCC3)N(C(C)c3ccc(F)cc3)C2=O)ccc1-n1cnc(C)c1. The van der Waals surface area contributed by atoms with Crippen molar-refractivity contribution in [3.8, 4) is 11.4 Å². The van der Waals surface area contributed by atoms with Gasteiger partial charge in [0.2, 0.25) is 5.96 Å². The summed E-state index contributed by atoms with van der Waals surface area (Å²) in [6.45, 7) is 5.60. The summed E-state index contributed by atoms with van der Waals surface area (Å²) in [7, 11) is 1.62. The Kier molecular flexibility index (Phi) is 6.11. The highest BCUT2D eigenvalue weighted by Crippen LogP contribution is 2.32. The van der Waals surface area contributed by atoms with E-state index in [1.165, 1.54) is 12.1 Å². The molecule has 1 unspecified atom stereocenters. The standard InChI is InChI=1S/C27H28FN5O2/c1-18-16-32(17-29-18)24-11-6-20(15-25(24)35-3)14-23-26(34)33(27(30-23)31-12-4-5-13-31)19(2)21-7-9-22(28)10-8-21/h6-11,14-17,19H,4-5,12-13H2,1-3H3/b23-14-. The molecular weight excluding hydrogens is 445 g/mol. The summed E-state index contributed by atoms with van der Waals surface area (Å²) in [5.41, 5.74) is 3.81. The number of carbonyl (C=O) groups is 1. The predicted molar refractivity (Wildman–Crippen MR) is 133 cm³/mol. The Labute approximate surface area is 204 Å². The van der Waals surface area contributed by atoms with E-state index >= 15 is 0 Å². The van der Waals surface area contributed by atoms with E-state index in [9.17, 15) is 9.18 Å². The first kappa shape index (κ1) is 22.8. The third kappa shape index (κ3) is 4.43. The molecule has 5 rings (SSSR count). The first-order valence-corrected chi connectivity index (χ1v) is 11.8. The number of aryl methyl sites for hydroxylation is 1. The van der Waals surface area contributed by atoms with Gasteiger partial charge in [0.05, 0.1) is 30.9 Å². The Morgan fingerprint density at radius 1 is 1.11 bits per heavy atom. The van der Waals surface area contributed by atoms with E-state index in [4.69, 9.17) is 9.73 Å². The Bertz CT molecular complexity index is 1310. The average molecular weight is 474 g/mol. The Balaban J connectivity index is 1.50. The number of ether oxygens (including phenoxy) is 1. The van der Waals surface area contributed by atoms with E-state index in [2.05, 4.69) is 9.88 Å². The monoisotopic (exact) mass is 473 g/mol. The maximum atomic E-state index is 13.6. The molecule has 2 aliphatic heterocycles. The quantitative estimate of drug-likeness (QED) is 0.503. The van der Waals surface area contributed by atoms with Crippen LogP contribution in [0.25, 0.3) is 11.8 Å². The second kappa shape index (κ2) is 9.37. The molecule has 1 saturated heterocycles. The van der Waals surface area contributed by atoms with Crippen LogP contribution in [0.1, 0.15) is 42.6 Å². The zero-order chi connectivity index (χ0) is 24.5. The fourth-order valence-electron chi connectivity index (χ4n) is 4.61. The van der Waals surface area contributed by atoms with Gasteiger partial charge in [0.25, 0.3) is 5.91 Å². The molecular formula is C27H28FN5O2. The highest BCUT2D eigenvalue weighted by atomic mass is 19.1. The number of aliphatic imine (C=N–C) groups is 1. The predicted octanol–water partition coefficient (Wildman–Crippen LogP) is 4.72. The number of likely N-dealkylation sites (tertiary alicyclic amines) is 1. The number of carbonyl (C=O) groups excluding carboxylic acids is 1. The fourth-order valence-corrected chi connectivity index (χ4v) is 4.61. The molecule has 1 amide bonds. The molecule has 1 aromatic heterocycles. The first-order valence-electron chi connectivity index (χ1n) is 11.8. The van der Waals surface area contributed by atoms with Gasteiger partial charge in [-0.2, -0.15) is 0 Å². The summed E-state index contributed by atoms with van der Waals surface area (Å²) in [4.78, 5) is 26.6. The van der Waals surface area contributed by atoms with Crippen molar-refractivity contribution in [2.45, 2.75) is 32.7 Å². The molecule has 3 aromatic rings. The van der Waals surface area contributed by atoms with E-state index in [0.29, 0.717) is 17.4 Å². The molecule has 1 atom stereocenters. The summed E-state index contributed by atoms with van der Waals surface area (Å²) >= 11 is 0. The topological polar surface area (TPSA) is 63.0 Å². The second-order valence-corrected chi connectivity index (χ2v) is 8.89. The third-order valence-corrected chi connectivity index (χ3v) is 6.50. The Morgan fingerprint density at radius 3 is 2.51 bits per heavy atom. The van der Waals surface area contributed by atoms with Crippen molar-refractivity contribution in [2.75, 3.05) is 20.2 Å². The van der Waals surface area contributed by atoms with Crippen LogP contribution in [-0.2, 0) is 4.79 Å². The Hall–Kier alpha value is -3.94. The van der Waals surface area contributed by atoms with Crippen LogP contribution >= 0.6 is 0 Å². The summed E-state index contributed by atoms with van der Waals surface area (Å²) in [6.07, 6.45) is 7.60. The van der Waals surface area contributed by atoms with Crippen LogP contribution in [0.5, 0.6) is 5.75 Å². The van der Waals surface area contributed by atoms with Gasteiger partial charge in [-0.05, 0) is 68.2 Å². The van der Waals surface area contributed by atoms with Crippen LogP contribution < -0.4 is 4.74 Å². The van der Waals surface area contributed by atoms with Gasteiger partial charge < -0.3 is 14.2 Å². The lowest BCUT2D eigenvalue weighted by atomic mass is 10.1. The number of hydrogen-bond donors (Lipinski definition) is 0. The lowest BCUT2D eigenvalue weighted by molar-refractivity contribution is -0.124. The second-order valence-electron chi connectivity index (χ2n) is 8.89. The van der Waals surface area contributed by atoms with Crippen molar-refractivity contribution < 1.29 is 13.9 Å². The smallest absolute Gasteiger partial charge is 0.279 e. The highest BCUT2D eigenvalue weighted by molar-refractivity contribution is 6.14. The number of aromatic nitrogens is 2. The molecule has 0 N–H and O–H groups in total. The first-order chi connectivity index (χ1) is 16.9. The minimum absolute atomic E-state index is 0.169. The number of rotatable bonds is 5. The molecule has 0 bridgehead atoms. The normalized spacial score (nSPS) is 17.9. The van der Waals surface area contributed by atoms with Crippen LogP contribution in [0.4, 0.5) is 4.39 Å². The number of nitrogens with zero attached hydrogens (tertiary/aromatic N) is 5. The van der Waals surface area contributed by atoms with E-state index in [1.807, 2.05) is 42.8 Å². The molecule has 0 radical (unpaired) electrons. The lowest BCUT2D eigenvalue weighted by Crippen LogP contribution is -2.43. The Morgan fingerprint density at radius 2 is 1.86 bits per heavy atom. The number of halogens is 1. The van der Waals surface area contributed by atoms with Gasteiger partial charge in [0.1, 0.15) is 17.3 Å². The average Bonchev–Trinajstić information content (AvgIpc) is 3.60. The largest absolute Gasteiger partial charge is 0.495 e. The van der Waals surface area contributed by atoms with Gasteiger partial charge in [-0.3, -0.25) is 9.69 Å². The van der Waals surface area contributed by atoms with Crippen LogP contribution in [0.15, 0.2) is 65.7 Å². The molecule has 1 fully saturated rings. The zero-order valence-corrected chi connectivity index (χ0v) is 20.1. The van der Waals surface area contributed by atoms with Gasteiger partial charge in [-0.15, -0.1) is 0 Å². The van der Waals surface area contributed by atoms with Gasteiger partial charge in [-0.1, -0.05) is 18.2 Å². The minimum atomic E-state index is -0.300. The lowest BCUT2D eigenvalue weighted by Gasteiger charge is -2.30. The van der Waals surface area contributed by atoms with Crippen molar-refractivity contribution in [3.63, 3.8) is 0 Å². The van der Waals surface area contributed by atoms with E-state index in [0.717, 1.165) is 48.4 Å². The van der Waals surface area contributed by atoms with E-state index in [1.54, 1.807) is 36.5 Å². The molecule has 0 spiro atoms. The van der Waals surface area contributed by atoms with Crippen LogP contribution in [-0.4, -0.2) is 51.4 Å². The number of benzene rings is 2. The zero-order valence-electron chi connectivity index (χ0n) is 20.1. The maximum Gasteiger partial charge on any atom is 0.279 e. The third-order valence-electron chi connectivity index (χ3n) is 6.50. The van der Waals surface area contributed by atoms with Crippen LogP contribution in [0.2, 0.25) is 0 Å². The summed E-state index contributed by atoms with van der Waals surface area (Å²) in [5, 5.41) is 0.